The summed E-state index contributed by atoms with van der Waals surface area (Å²) in [4.78, 5) is 24.1. The lowest BCUT2D eigenvalue weighted by Gasteiger charge is -2.20. The predicted octanol–water partition coefficient (Wildman–Crippen LogP) is 3.22. The molecule has 0 aromatic heterocycles. The van der Waals surface area contributed by atoms with E-state index in [9.17, 15) is 9.59 Å². The fraction of sp³-hybridized carbons (Fsp3) is 0.250. The van der Waals surface area contributed by atoms with E-state index in [1.165, 1.54) is 7.11 Å². The fourth-order valence-electron chi connectivity index (χ4n) is 2.04. The summed E-state index contributed by atoms with van der Waals surface area (Å²) >= 11 is 0. The fourth-order valence-corrected chi connectivity index (χ4v) is 2.04. The number of carbonyl (C=O) groups excluding carboxylic acids is 2. The lowest BCUT2D eigenvalue weighted by Crippen LogP contribution is -2.34. The molecule has 0 bridgehead atoms. The standard InChI is InChI=1S/C16H16O3/c1-16(2,15(18)19-3)14(17)13-9-8-11-6-4-5-7-12(11)10-13/h4-10H,1-3H3. The van der Waals surface area contributed by atoms with Crippen molar-refractivity contribution >= 4 is 22.5 Å². The van der Waals surface area contributed by atoms with Gasteiger partial charge >= 0.3 is 5.97 Å². The Morgan fingerprint density at radius 2 is 1.63 bits per heavy atom. The maximum atomic E-state index is 12.4. The van der Waals surface area contributed by atoms with Gasteiger partial charge in [0.2, 0.25) is 0 Å². The minimum atomic E-state index is -1.17. The summed E-state index contributed by atoms with van der Waals surface area (Å²) in [6, 6.07) is 13.2. The Morgan fingerprint density at radius 3 is 2.26 bits per heavy atom. The van der Waals surface area contributed by atoms with E-state index in [2.05, 4.69) is 4.74 Å². The van der Waals surface area contributed by atoms with Gasteiger partial charge in [0.05, 0.1) is 7.11 Å². The van der Waals surface area contributed by atoms with Gasteiger partial charge in [0, 0.05) is 5.56 Å². The summed E-state index contributed by atoms with van der Waals surface area (Å²) < 4.78 is 4.69. The van der Waals surface area contributed by atoms with Crippen LogP contribution in [0.25, 0.3) is 10.8 Å². The van der Waals surface area contributed by atoms with Crippen molar-refractivity contribution in [3.05, 3.63) is 48.0 Å². The minimum Gasteiger partial charge on any atom is -0.468 e. The molecular formula is C16H16O3. The van der Waals surface area contributed by atoms with Crippen molar-refractivity contribution in [1.82, 2.24) is 0 Å². The predicted molar refractivity (Wildman–Crippen MR) is 74.1 cm³/mol. The van der Waals surface area contributed by atoms with Crippen LogP contribution in [0.1, 0.15) is 24.2 Å². The van der Waals surface area contributed by atoms with Crippen LogP contribution >= 0.6 is 0 Å². The van der Waals surface area contributed by atoms with Crippen LogP contribution in [-0.4, -0.2) is 18.9 Å². The lowest BCUT2D eigenvalue weighted by molar-refractivity contribution is -0.147. The summed E-state index contributed by atoms with van der Waals surface area (Å²) in [7, 11) is 1.29. The summed E-state index contributed by atoms with van der Waals surface area (Å²) in [5.74, 6) is -0.754. The molecule has 3 heteroatoms. The largest absolute Gasteiger partial charge is 0.468 e. The maximum absolute atomic E-state index is 12.4. The second-order valence-electron chi connectivity index (χ2n) is 5.01. The van der Waals surface area contributed by atoms with E-state index < -0.39 is 11.4 Å². The van der Waals surface area contributed by atoms with Gasteiger partial charge in [0.15, 0.2) is 5.78 Å². The van der Waals surface area contributed by atoms with Gasteiger partial charge in [-0.05, 0) is 30.7 Å². The molecule has 98 valence electrons. The number of carbonyl (C=O) groups is 2. The van der Waals surface area contributed by atoms with Gasteiger partial charge in [-0.25, -0.2) is 0 Å². The van der Waals surface area contributed by atoms with Crippen LogP contribution in [0.15, 0.2) is 42.5 Å². The average Bonchev–Trinajstić information content (AvgIpc) is 2.44. The molecule has 0 heterocycles. The molecule has 0 saturated carbocycles. The molecule has 0 atom stereocenters. The number of hydrogen-bond donors (Lipinski definition) is 0. The number of Topliss-reactive ketones (excluding diaryl/α,β-unsaturated/α-hetero) is 1. The highest BCUT2D eigenvalue weighted by Crippen LogP contribution is 2.25. The maximum Gasteiger partial charge on any atom is 0.319 e. The minimum absolute atomic E-state index is 0.231. The first kappa shape index (κ1) is 13.3. The third kappa shape index (κ3) is 2.36. The zero-order valence-electron chi connectivity index (χ0n) is 11.3. The molecule has 0 radical (unpaired) electrons. The Balaban J connectivity index is 2.44. The molecule has 0 unspecified atom stereocenters. The van der Waals surface area contributed by atoms with E-state index in [-0.39, 0.29) is 5.78 Å². The van der Waals surface area contributed by atoms with Gasteiger partial charge in [-0.1, -0.05) is 36.4 Å². The first-order valence-electron chi connectivity index (χ1n) is 6.09. The van der Waals surface area contributed by atoms with E-state index in [4.69, 9.17) is 0 Å². The van der Waals surface area contributed by atoms with Crippen LogP contribution in [0.4, 0.5) is 0 Å². The number of hydrogen-bond acceptors (Lipinski definition) is 3. The summed E-state index contributed by atoms with van der Waals surface area (Å²) in [6.45, 7) is 3.16. The number of fused-ring (bicyclic) bond motifs is 1. The number of ketones is 1. The molecule has 0 spiro atoms. The second kappa shape index (κ2) is 4.84. The van der Waals surface area contributed by atoms with Crippen molar-refractivity contribution in [1.29, 1.82) is 0 Å². The summed E-state index contributed by atoms with van der Waals surface area (Å²) in [5, 5.41) is 2.05. The third-order valence-corrected chi connectivity index (χ3v) is 3.28. The molecule has 0 N–H and O–H groups in total. The molecule has 0 fully saturated rings. The SMILES string of the molecule is COC(=O)C(C)(C)C(=O)c1ccc2ccccc2c1. The van der Waals surface area contributed by atoms with Crippen LogP contribution in [0, 0.1) is 5.41 Å². The van der Waals surface area contributed by atoms with E-state index in [1.54, 1.807) is 19.9 Å². The normalized spacial score (nSPS) is 11.3. The topological polar surface area (TPSA) is 43.4 Å². The van der Waals surface area contributed by atoms with Gasteiger partial charge in [0.25, 0.3) is 0 Å². The Bertz CT molecular complexity index is 641. The Labute approximate surface area is 112 Å². The Morgan fingerprint density at radius 1 is 1.00 bits per heavy atom. The molecular weight excluding hydrogens is 240 g/mol. The summed E-state index contributed by atoms with van der Waals surface area (Å²) in [5.41, 5.74) is -0.647. The molecule has 2 aromatic rings. The van der Waals surface area contributed by atoms with Crippen molar-refractivity contribution in [2.45, 2.75) is 13.8 Å². The number of ether oxygens (including phenoxy) is 1. The van der Waals surface area contributed by atoms with E-state index >= 15 is 0 Å². The van der Waals surface area contributed by atoms with Crippen LogP contribution in [0.2, 0.25) is 0 Å². The van der Waals surface area contributed by atoms with E-state index in [0.717, 1.165) is 10.8 Å². The molecule has 2 rings (SSSR count). The first-order chi connectivity index (χ1) is 8.96. The number of benzene rings is 2. The first-order valence-corrected chi connectivity index (χ1v) is 6.09. The van der Waals surface area contributed by atoms with Crippen molar-refractivity contribution in [3.63, 3.8) is 0 Å². The zero-order valence-corrected chi connectivity index (χ0v) is 11.3. The van der Waals surface area contributed by atoms with Crippen LogP contribution in [-0.2, 0) is 9.53 Å². The molecule has 0 amide bonds. The van der Waals surface area contributed by atoms with Crippen molar-refractivity contribution in [3.8, 4) is 0 Å². The van der Waals surface area contributed by atoms with Gasteiger partial charge in [-0.15, -0.1) is 0 Å². The van der Waals surface area contributed by atoms with Crippen LogP contribution in [0.3, 0.4) is 0 Å². The zero-order chi connectivity index (χ0) is 14.0. The van der Waals surface area contributed by atoms with Crippen molar-refractivity contribution in [2.24, 2.45) is 5.41 Å². The number of methoxy groups -OCH3 is 1. The third-order valence-electron chi connectivity index (χ3n) is 3.28. The molecule has 19 heavy (non-hydrogen) atoms. The van der Waals surface area contributed by atoms with Gasteiger partial charge in [-0.3, -0.25) is 9.59 Å². The van der Waals surface area contributed by atoms with E-state index in [0.29, 0.717) is 5.56 Å². The molecule has 3 nitrogen and oxygen atoms in total. The molecule has 0 aliphatic rings. The molecule has 0 aliphatic heterocycles. The number of esters is 1. The van der Waals surface area contributed by atoms with Crippen molar-refractivity contribution < 1.29 is 14.3 Å². The highest BCUT2D eigenvalue weighted by atomic mass is 16.5. The van der Waals surface area contributed by atoms with E-state index in [1.807, 2.05) is 36.4 Å². The average molecular weight is 256 g/mol. The Kier molecular flexibility index (Phi) is 3.38. The Hall–Kier alpha value is -2.16. The second-order valence-corrected chi connectivity index (χ2v) is 5.01. The monoisotopic (exact) mass is 256 g/mol. The van der Waals surface area contributed by atoms with Crippen molar-refractivity contribution in [2.75, 3.05) is 7.11 Å². The summed E-state index contributed by atoms with van der Waals surface area (Å²) in [6.07, 6.45) is 0. The quantitative estimate of drug-likeness (QED) is 0.481. The van der Waals surface area contributed by atoms with Crippen LogP contribution in [0.5, 0.6) is 0 Å². The molecule has 0 saturated heterocycles. The smallest absolute Gasteiger partial charge is 0.319 e. The molecule has 2 aromatic carbocycles. The van der Waals surface area contributed by atoms with Gasteiger partial charge < -0.3 is 4.74 Å². The lowest BCUT2D eigenvalue weighted by atomic mass is 9.84. The number of rotatable bonds is 3. The highest BCUT2D eigenvalue weighted by Gasteiger charge is 2.37. The molecule has 0 aliphatic carbocycles. The van der Waals surface area contributed by atoms with Gasteiger partial charge in [0.1, 0.15) is 5.41 Å². The van der Waals surface area contributed by atoms with Crippen LogP contribution < -0.4 is 0 Å². The highest BCUT2D eigenvalue weighted by molar-refractivity contribution is 6.13. The van der Waals surface area contributed by atoms with Gasteiger partial charge in [-0.2, -0.15) is 0 Å².